The Morgan fingerprint density at radius 3 is 2.71 bits per heavy atom. The van der Waals surface area contributed by atoms with Crippen LogP contribution in [-0.2, 0) is 6.54 Å². The first-order chi connectivity index (χ1) is 6.58. The molecule has 0 aliphatic heterocycles. The summed E-state index contributed by atoms with van der Waals surface area (Å²) in [5, 5.41) is 9.55. The third-order valence-corrected chi connectivity index (χ3v) is 1.54. The Morgan fingerprint density at radius 2 is 2.14 bits per heavy atom. The summed E-state index contributed by atoms with van der Waals surface area (Å²) in [6.07, 6.45) is -0.334. The lowest BCUT2D eigenvalue weighted by Gasteiger charge is -2.07. The third kappa shape index (κ3) is 4.80. The standard InChI is InChI=1S/C7H11F3N4/c8-7(9,10)6-11-2-1-4-14-5-3-12-13-14/h3,5,11H,1-2,4,6H2. The molecule has 0 saturated heterocycles. The fourth-order valence-electron chi connectivity index (χ4n) is 0.948. The zero-order valence-corrected chi connectivity index (χ0v) is 7.46. The summed E-state index contributed by atoms with van der Waals surface area (Å²) >= 11 is 0. The highest BCUT2D eigenvalue weighted by molar-refractivity contribution is 4.64. The van der Waals surface area contributed by atoms with Crippen molar-refractivity contribution in [2.75, 3.05) is 13.1 Å². The molecule has 0 unspecified atom stereocenters. The van der Waals surface area contributed by atoms with Crippen LogP contribution in [0.4, 0.5) is 13.2 Å². The van der Waals surface area contributed by atoms with Crippen molar-refractivity contribution in [2.45, 2.75) is 19.1 Å². The van der Waals surface area contributed by atoms with Crippen LogP contribution in [-0.4, -0.2) is 34.3 Å². The number of hydrogen-bond acceptors (Lipinski definition) is 3. The molecule has 1 N–H and O–H groups in total. The van der Waals surface area contributed by atoms with Gasteiger partial charge < -0.3 is 5.32 Å². The second-order valence-electron chi connectivity index (χ2n) is 2.81. The van der Waals surface area contributed by atoms with Gasteiger partial charge in [-0.15, -0.1) is 5.10 Å². The lowest BCUT2D eigenvalue weighted by Crippen LogP contribution is -2.29. The van der Waals surface area contributed by atoms with Gasteiger partial charge in [-0.3, -0.25) is 4.68 Å². The van der Waals surface area contributed by atoms with Crippen molar-refractivity contribution in [3.63, 3.8) is 0 Å². The number of alkyl halides is 3. The maximum absolute atomic E-state index is 11.7. The van der Waals surface area contributed by atoms with Crippen LogP contribution < -0.4 is 5.32 Å². The lowest BCUT2D eigenvalue weighted by molar-refractivity contribution is -0.124. The van der Waals surface area contributed by atoms with E-state index in [1.165, 1.54) is 6.20 Å². The van der Waals surface area contributed by atoms with E-state index in [-0.39, 0.29) is 0 Å². The zero-order chi connectivity index (χ0) is 10.4. The molecular weight excluding hydrogens is 197 g/mol. The summed E-state index contributed by atoms with van der Waals surface area (Å²) in [4.78, 5) is 0. The summed E-state index contributed by atoms with van der Waals surface area (Å²) in [7, 11) is 0. The maximum Gasteiger partial charge on any atom is 0.401 e. The molecular formula is C7H11F3N4. The molecule has 0 saturated carbocycles. The highest BCUT2D eigenvalue weighted by atomic mass is 19.4. The van der Waals surface area contributed by atoms with Gasteiger partial charge in [0.2, 0.25) is 0 Å². The van der Waals surface area contributed by atoms with Gasteiger partial charge in [-0.05, 0) is 13.0 Å². The van der Waals surface area contributed by atoms with E-state index in [2.05, 4.69) is 15.6 Å². The first kappa shape index (κ1) is 11.0. The summed E-state index contributed by atoms with van der Waals surface area (Å²) in [5.74, 6) is 0. The van der Waals surface area contributed by atoms with Gasteiger partial charge >= 0.3 is 6.18 Å². The Morgan fingerprint density at radius 1 is 1.36 bits per heavy atom. The number of aryl methyl sites for hydroxylation is 1. The van der Waals surface area contributed by atoms with Crippen molar-refractivity contribution in [3.8, 4) is 0 Å². The average molecular weight is 208 g/mol. The van der Waals surface area contributed by atoms with Gasteiger partial charge in [0.25, 0.3) is 0 Å². The van der Waals surface area contributed by atoms with Crippen molar-refractivity contribution in [1.29, 1.82) is 0 Å². The van der Waals surface area contributed by atoms with E-state index in [9.17, 15) is 13.2 Å². The van der Waals surface area contributed by atoms with Crippen LogP contribution in [0.2, 0.25) is 0 Å². The lowest BCUT2D eigenvalue weighted by atomic mass is 10.4. The van der Waals surface area contributed by atoms with Gasteiger partial charge in [0, 0.05) is 12.7 Å². The first-order valence-electron chi connectivity index (χ1n) is 4.19. The summed E-state index contributed by atoms with van der Waals surface area (Å²) in [6.45, 7) is -0.0470. The Balaban J connectivity index is 2.00. The van der Waals surface area contributed by atoms with Crippen LogP contribution in [0.5, 0.6) is 0 Å². The molecule has 1 heterocycles. The molecule has 0 bridgehead atoms. The SMILES string of the molecule is FC(F)(F)CNCCCn1ccnn1. The van der Waals surface area contributed by atoms with Crippen molar-refractivity contribution in [3.05, 3.63) is 12.4 Å². The molecule has 1 rings (SSSR count). The number of rotatable bonds is 5. The fourth-order valence-corrected chi connectivity index (χ4v) is 0.948. The van der Waals surface area contributed by atoms with Crippen molar-refractivity contribution in [1.82, 2.24) is 20.3 Å². The molecule has 80 valence electrons. The van der Waals surface area contributed by atoms with Crippen LogP contribution >= 0.6 is 0 Å². The molecule has 0 spiro atoms. The molecule has 0 fully saturated rings. The zero-order valence-electron chi connectivity index (χ0n) is 7.46. The van der Waals surface area contributed by atoms with E-state index in [0.717, 1.165) is 0 Å². The molecule has 1 aromatic heterocycles. The Hall–Kier alpha value is -1.11. The van der Waals surface area contributed by atoms with Crippen LogP contribution in [0.25, 0.3) is 0 Å². The molecule has 0 amide bonds. The molecule has 14 heavy (non-hydrogen) atoms. The van der Waals surface area contributed by atoms with Gasteiger partial charge in [0.05, 0.1) is 12.7 Å². The van der Waals surface area contributed by atoms with Gasteiger partial charge in [-0.2, -0.15) is 13.2 Å². The first-order valence-corrected chi connectivity index (χ1v) is 4.19. The molecule has 0 radical (unpaired) electrons. The molecule has 0 atom stereocenters. The largest absolute Gasteiger partial charge is 0.401 e. The molecule has 4 nitrogen and oxygen atoms in total. The minimum Gasteiger partial charge on any atom is -0.309 e. The van der Waals surface area contributed by atoms with E-state index < -0.39 is 12.7 Å². The molecule has 0 aliphatic carbocycles. The number of aromatic nitrogens is 3. The molecule has 0 aromatic carbocycles. The average Bonchev–Trinajstić information content (AvgIpc) is 2.54. The Labute approximate surface area is 79.1 Å². The predicted octanol–water partition coefficient (Wildman–Crippen LogP) is 0.820. The van der Waals surface area contributed by atoms with Crippen molar-refractivity contribution < 1.29 is 13.2 Å². The third-order valence-electron chi connectivity index (χ3n) is 1.54. The Bertz CT molecular complexity index is 244. The molecule has 1 aromatic rings. The van der Waals surface area contributed by atoms with Gasteiger partial charge in [0.1, 0.15) is 0 Å². The highest BCUT2D eigenvalue weighted by Gasteiger charge is 2.25. The second kappa shape index (κ2) is 4.94. The predicted molar refractivity (Wildman–Crippen MR) is 43.6 cm³/mol. The molecule has 0 aliphatic rings. The number of nitrogens with zero attached hydrogens (tertiary/aromatic N) is 3. The van der Waals surface area contributed by atoms with Gasteiger partial charge in [0.15, 0.2) is 0 Å². The summed E-state index contributed by atoms with van der Waals surface area (Å²) in [6, 6.07) is 0. The van der Waals surface area contributed by atoms with Gasteiger partial charge in [-0.1, -0.05) is 5.21 Å². The van der Waals surface area contributed by atoms with Crippen molar-refractivity contribution >= 4 is 0 Å². The topological polar surface area (TPSA) is 42.7 Å². The molecule has 7 heteroatoms. The van der Waals surface area contributed by atoms with E-state index in [4.69, 9.17) is 0 Å². The summed E-state index contributed by atoms with van der Waals surface area (Å²) in [5.41, 5.74) is 0. The second-order valence-corrected chi connectivity index (χ2v) is 2.81. The smallest absolute Gasteiger partial charge is 0.309 e. The minimum atomic E-state index is -4.13. The van der Waals surface area contributed by atoms with Crippen LogP contribution in [0, 0.1) is 0 Å². The highest BCUT2D eigenvalue weighted by Crippen LogP contribution is 2.11. The summed E-state index contributed by atoms with van der Waals surface area (Å²) < 4.78 is 36.6. The van der Waals surface area contributed by atoms with Crippen molar-refractivity contribution in [2.24, 2.45) is 0 Å². The fraction of sp³-hybridized carbons (Fsp3) is 0.714. The van der Waals surface area contributed by atoms with E-state index >= 15 is 0 Å². The number of nitrogens with one attached hydrogen (secondary N) is 1. The van der Waals surface area contributed by atoms with E-state index in [0.29, 0.717) is 19.5 Å². The van der Waals surface area contributed by atoms with E-state index in [1.54, 1.807) is 10.9 Å². The van der Waals surface area contributed by atoms with Crippen LogP contribution in [0.15, 0.2) is 12.4 Å². The maximum atomic E-state index is 11.7. The Kier molecular flexibility index (Phi) is 3.87. The van der Waals surface area contributed by atoms with Gasteiger partial charge in [-0.25, -0.2) is 0 Å². The monoisotopic (exact) mass is 208 g/mol. The van der Waals surface area contributed by atoms with Crippen LogP contribution in [0.1, 0.15) is 6.42 Å². The van der Waals surface area contributed by atoms with E-state index in [1.807, 2.05) is 0 Å². The van der Waals surface area contributed by atoms with Crippen LogP contribution in [0.3, 0.4) is 0 Å². The minimum absolute atomic E-state index is 0.319. The normalized spacial score (nSPS) is 11.9. The quantitative estimate of drug-likeness (QED) is 0.728. The number of hydrogen-bond donors (Lipinski definition) is 1. The number of halogens is 3.